The molecule has 2 amide bonds. The third-order valence-electron chi connectivity index (χ3n) is 2.65. The number of thiazole rings is 1. The summed E-state index contributed by atoms with van der Waals surface area (Å²) in [6.07, 6.45) is 0. The molecule has 8 heteroatoms. The average Bonchev–Trinajstić information content (AvgIpc) is 2.87. The van der Waals surface area contributed by atoms with E-state index in [2.05, 4.69) is 15.6 Å². The first kappa shape index (κ1) is 13.9. The lowest BCUT2D eigenvalue weighted by atomic mass is 10.3. The lowest BCUT2D eigenvalue weighted by Crippen LogP contribution is -2.46. The van der Waals surface area contributed by atoms with E-state index in [-0.39, 0.29) is 18.4 Å². The summed E-state index contributed by atoms with van der Waals surface area (Å²) in [6, 6.07) is 0. The molecule has 1 aromatic rings. The van der Waals surface area contributed by atoms with Gasteiger partial charge in [-0.2, -0.15) is 0 Å². The molecule has 0 radical (unpaired) electrons. The van der Waals surface area contributed by atoms with Crippen molar-refractivity contribution < 1.29 is 14.3 Å². The van der Waals surface area contributed by atoms with Gasteiger partial charge in [-0.1, -0.05) is 0 Å². The third kappa shape index (κ3) is 3.72. The van der Waals surface area contributed by atoms with Crippen molar-refractivity contribution >= 4 is 28.3 Å². The smallest absolute Gasteiger partial charge is 0.273 e. The monoisotopic (exact) mass is 284 g/mol. The van der Waals surface area contributed by atoms with Crippen LogP contribution in [-0.2, 0) is 9.53 Å². The number of ether oxygens (including phenoxy) is 1. The predicted molar refractivity (Wildman–Crippen MR) is 71.4 cm³/mol. The number of rotatable bonds is 4. The predicted octanol–water partition coefficient (Wildman–Crippen LogP) is -0.227. The maximum atomic E-state index is 12.1. The third-order valence-corrected chi connectivity index (χ3v) is 3.41. The second-order valence-corrected chi connectivity index (χ2v) is 4.92. The molecule has 0 atom stereocenters. The van der Waals surface area contributed by atoms with Gasteiger partial charge in [-0.25, -0.2) is 4.98 Å². The Labute approximate surface area is 115 Å². The van der Waals surface area contributed by atoms with Crippen molar-refractivity contribution in [1.29, 1.82) is 0 Å². The van der Waals surface area contributed by atoms with Crippen LogP contribution in [0.1, 0.15) is 10.5 Å². The molecule has 1 aromatic heterocycles. The SMILES string of the molecule is COCC(=O)Nc1nc(C(=O)N2CCNCC2)cs1. The molecule has 0 spiro atoms. The molecule has 0 aliphatic carbocycles. The molecule has 0 saturated carbocycles. The molecule has 2 N–H and O–H groups in total. The number of aromatic nitrogens is 1. The first-order valence-corrected chi connectivity index (χ1v) is 6.83. The molecule has 0 unspecified atom stereocenters. The summed E-state index contributed by atoms with van der Waals surface area (Å²) in [7, 11) is 1.45. The van der Waals surface area contributed by atoms with Crippen LogP contribution < -0.4 is 10.6 Å². The fourth-order valence-corrected chi connectivity index (χ4v) is 2.45. The maximum Gasteiger partial charge on any atom is 0.273 e. The molecule has 1 aliphatic heterocycles. The first-order chi connectivity index (χ1) is 9.20. The number of nitrogens with one attached hydrogen (secondary N) is 2. The number of amides is 2. The van der Waals surface area contributed by atoms with Gasteiger partial charge in [0, 0.05) is 38.7 Å². The Kier molecular flexibility index (Phi) is 4.83. The lowest BCUT2D eigenvalue weighted by molar-refractivity contribution is -0.119. The Morgan fingerprint density at radius 2 is 2.26 bits per heavy atom. The highest BCUT2D eigenvalue weighted by molar-refractivity contribution is 7.14. The average molecular weight is 284 g/mol. The molecule has 1 fully saturated rings. The molecular formula is C11H16N4O3S. The van der Waals surface area contributed by atoms with Gasteiger partial charge in [-0.3, -0.25) is 14.9 Å². The van der Waals surface area contributed by atoms with E-state index in [9.17, 15) is 9.59 Å². The van der Waals surface area contributed by atoms with Crippen molar-refractivity contribution in [2.24, 2.45) is 0 Å². The molecule has 1 saturated heterocycles. The molecular weight excluding hydrogens is 268 g/mol. The Morgan fingerprint density at radius 3 is 2.95 bits per heavy atom. The number of anilines is 1. The number of carbonyl (C=O) groups is 2. The van der Waals surface area contributed by atoms with Gasteiger partial charge in [0.15, 0.2) is 5.13 Å². The summed E-state index contributed by atoms with van der Waals surface area (Å²) in [5.74, 6) is -0.372. The molecule has 0 aromatic carbocycles. The summed E-state index contributed by atoms with van der Waals surface area (Å²) < 4.78 is 4.71. The molecule has 104 valence electrons. The van der Waals surface area contributed by atoms with Gasteiger partial charge >= 0.3 is 0 Å². The number of hydrogen-bond donors (Lipinski definition) is 2. The van der Waals surface area contributed by atoms with Crippen LogP contribution in [-0.4, -0.2) is 61.6 Å². The quantitative estimate of drug-likeness (QED) is 0.798. The van der Waals surface area contributed by atoms with E-state index in [0.717, 1.165) is 13.1 Å². The minimum atomic E-state index is -0.280. The molecule has 19 heavy (non-hydrogen) atoms. The Morgan fingerprint density at radius 1 is 1.53 bits per heavy atom. The Bertz CT molecular complexity index is 457. The second kappa shape index (κ2) is 6.60. The summed E-state index contributed by atoms with van der Waals surface area (Å²) in [4.78, 5) is 29.3. The Hall–Kier alpha value is -1.51. The highest BCUT2D eigenvalue weighted by atomic mass is 32.1. The van der Waals surface area contributed by atoms with Gasteiger partial charge in [0.25, 0.3) is 11.8 Å². The van der Waals surface area contributed by atoms with E-state index < -0.39 is 0 Å². The van der Waals surface area contributed by atoms with Crippen molar-refractivity contribution in [2.45, 2.75) is 0 Å². The number of hydrogen-bond acceptors (Lipinski definition) is 6. The van der Waals surface area contributed by atoms with Gasteiger partial charge in [0.1, 0.15) is 12.3 Å². The second-order valence-electron chi connectivity index (χ2n) is 4.06. The lowest BCUT2D eigenvalue weighted by Gasteiger charge is -2.26. The van der Waals surface area contributed by atoms with Crippen LogP contribution in [0.15, 0.2) is 5.38 Å². The minimum Gasteiger partial charge on any atom is -0.375 e. The topological polar surface area (TPSA) is 83.6 Å². The summed E-state index contributed by atoms with van der Waals surface area (Å²) >= 11 is 1.23. The van der Waals surface area contributed by atoms with E-state index >= 15 is 0 Å². The maximum absolute atomic E-state index is 12.1. The van der Waals surface area contributed by atoms with Crippen LogP contribution in [0, 0.1) is 0 Å². The van der Waals surface area contributed by atoms with Crippen molar-refractivity contribution in [3.8, 4) is 0 Å². The fraction of sp³-hybridized carbons (Fsp3) is 0.545. The van der Waals surface area contributed by atoms with Crippen molar-refractivity contribution in [1.82, 2.24) is 15.2 Å². The van der Waals surface area contributed by atoms with Crippen LogP contribution in [0.4, 0.5) is 5.13 Å². The summed E-state index contributed by atoms with van der Waals surface area (Å²) in [5, 5.41) is 7.84. The molecule has 1 aliphatic rings. The van der Waals surface area contributed by atoms with Crippen molar-refractivity contribution in [3.63, 3.8) is 0 Å². The van der Waals surface area contributed by atoms with E-state index in [4.69, 9.17) is 4.74 Å². The zero-order chi connectivity index (χ0) is 13.7. The van der Waals surface area contributed by atoms with Crippen LogP contribution in [0.3, 0.4) is 0 Å². The zero-order valence-corrected chi connectivity index (χ0v) is 11.5. The van der Waals surface area contributed by atoms with Gasteiger partial charge in [0.2, 0.25) is 0 Å². The summed E-state index contributed by atoms with van der Waals surface area (Å²) in [6.45, 7) is 2.94. The fourth-order valence-electron chi connectivity index (χ4n) is 1.75. The van der Waals surface area contributed by atoms with Crippen LogP contribution in [0.5, 0.6) is 0 Å². The highest BCUT2D eigenvalue weighted by Crippen LogP contribution is 2.17. The van der Waals surface area contributed by atoms with Crippen molar-refractivity contribution in [3.05, 3.63) is 11.1 Å². The summed E-state index contributed by atoms with van der Waals surface area (Å²) in [5.41, 5.74) is 0.375. The number of carbonyl (C=O) groups excluding carboxylic acids is 2. The van der Waals surface area contributed by atoms with Crippen LogP contribution in [0.2, 0.25) is 0 Å². The normalized spacial score (nSPS) is 15.3. The number of piperazine rings is 1. The van der Waals surface area contributed by atoms with Crippen LogP contribution >= 0.6 is 11.3 Å². The molecule has 7 nitrogen and oxygen atoms in total. The van der Waals surface area contributed by atoms with Gasteiger partial charge in [0.05, 0.1) is 0 Å². The van der Waals surface area contributed by atoms with Crippen molar-refractivity contribution in [2.75, 3.05) is 45.2 Å². The molecule has 0 bridgehead atoms. The van der Waals surface area contributed by atoms with Gasteiger partial charge in [-0.05, 0) is 0 Å². The van der Waals surface area contributed by atoms with Gasteiger partial charge in [-0.15, -0.1) is 11.3 Å². The van der Waals surface area contributed by atoms with E-state index in [1.165, 1.54) is 18.4 Å². The van der Waals surface area contributed by atoms with Crippen LogP contribution in [0.25, 0.3) is 0 Å². The van der Waals surface area contributed by atoms with Gasteiger partial charge < -0.3 is 15.0 Å². The largest absolute Gasteiger partial charge is 0.375 e. The standard InChI is InChI=1S/C11H16N4O3S/c1-18-6-9(16)14-11-13-8(7-19-11)10(17)15-4-2-12-3-5-15/h7,12H,2-6H2,1H3,(H,13,14,16). The highest BCUT2D eigenvalue weighted by Gasteiger charge is 2.20. The molecule has 2 rings (SSSR count). The Balaban J connectivity index is 1.95. The first-order valence-electron chi connectivity index (χ1n) is 5.95. The molecule has 2 heterocycles. The van der Waals surface area contributed by atoms with E-state index in [1.54, 1.807) is 10.3 Å². The number of methoxy groups -OCH3 is 1. The minimum absolute atomic E-state index is 0.0271. The zero-order valence-electron chi connectivity index (χ0n) is 10.6. The van der Waals surface area contributed by atoms with E-state index in [1.807, 2.05) is 0 Å². The number of nitrogens with zero attached hydrogens (tertiary/aromatic N) is 2. The van der Waals surface area contributed by atoms with E-state index in [0.29, 0.717) is 23.9 Å².